The van der Waals surface area contributed by atoms with E-state index >= 15 is 0 Å². The molecule has 1 N–H and O–H groups in total. The molecule has 2 aromatic rings. The van der Waals surface area contributed by atoms with E-state index in [1.807, 2.05) is 32.2 Å². The van der Waals surface area contributed by atoms with Gasteiger partial charge in [0.05, 0.1) is 17.5 Å². The Morgan fingerprint density at radius 2 is 1.87 bits per heavy atom. The van der Waals surface area contributed by atoms with Crippen molar-refractivity contribution in [3.05, 3.63) is 70.3 Å². The summed E-state index contributed by atoms with van der Waals surface area (Å²) in [5.41, 5.74) is 2.72. The van der Waals surface area contributed by atoms with E-state index in [-0.39, 0.29) is 22.7 Å². The third-order valence-electron chi connectivity index (χ3n) is 14.0. The third kappa shape index (κ3) is 7.35. The van der Waals surface area contributed by atoms with Gasteiger partial charge in [-0.05, 0) is 125 Å². The van der Waals surface area contributed by atoms with Gasteiger partial charge >= 0.3 is 0 Å². The quantitative estimate of drug-likeness (QED) is 0.330. The second-order valence-corrected chi connectivity index (χ2v) is 20.4. The van der Waals surface area contributed by atoms with Crippen molar-refractivity contribution in [2.24, 2.45) is 17.3 Å². The van der Waals surface area contributed by atoms with Crippen molar-refractivity contribution in [3.63, 3.8) is 0 Å². The van der Waals surface area contributed by atoms with Crippen LogP contribution in [0.4, 0.5) is 5.69 Å². The van der Waals surface area contributed by atoms with Crippen LogP contribution in [0.2, 0.25) is 5.02 Å². The largest absolute Gasteiger partial charge is 0.490 e. The first-order valence-electron chi connectivity index (χ1n) is 20.2. The molecule has 1 saturated heterocycles. The summed E-state index contributed by atoms with van der Waals surface area (Å²) in [4.78, 5) is 21.3. The molecule has 3 aliphatic heterocycles. The predicted octanol–water partition coefficient (Wildman–Crippen LogP) is 7.07. The number of benzene rings is 2. The second-order valence-electron chi connectivity index (χ2n) is 17.9. The van der Waals surface area contributed by atoms with Gasteiger partial charge in [-0.15, -0.1) is 0 Å². The number of methoxy groups -OCH3 is 1. The lowest BCUT2D eigenvalue weighted by Crippen LogP contribution is -2.63. The average molecular weight is 782 g/mol. The Balaban J connectivity index is 1.32. The lowest BCUT2D eigenvalue weighted by Gasteiger charge is -2.58. The summed E-state index contributed by atoms with van der Waals surface area (Å²) >= 11 is 6.53. The number of aryl methyl sites for hydroxylation is 1. The number of hydrogen-bond acceptors (Lipinski definition) is 8. The minimum Gasteiger partial charge on any atom is -0.490 e. The fourth-order valence-electron chi connectivity index (χ4n) is 10.6. The molecule has 11 heteroatoms. The number of anilines is 1. The number of piperazine rings is 1. The number of nitrogens with one attached hydrogen (secondary N) is 1. The van der Waals surface area contributed by atoms with Crippen molar-refractivity contribution < 1.29 is 22.7 Å². The summed E-state index contributed by atoms with van der Waals surface area (Å²) in [5.74, 6) is 0.0807. The van der Waals surface area contributed by atoms with Crippen molar-refractivity contribution in [1.29, 1.82) is 0 Å². The van der Waals surface area contributed by atoms with E-state index in [4.69, 9.17) is 21.1 Å². The predicted molar refractivity (Wildman–Crippen MR) is 217 cm³/mol. The highest BCUT2D eigenvalue weighted by Crippen LogP contribution is 2.56. The zero-order valence-corrected chi connectivity index (χ0v) is 34.9. The van der Waals surface area contributed by atoms with E-state index in [0.717, 1.165) is 75.5 Å². The third-order valence-corrected chi connectivity index (χ3v) is 16.1. The number of ether oxygens (including phenoxy) is 2. The maximum absolute atomic E-state index is 13.7. The Morgan fingerprint density at radius 3 is 2.57 bits per heavy atom. The molecule has 3 heterocycles. The number of rotatable bonds is 4. The zero-order chi connectivity index (χ0) is 38.6. The number of carbonyl (C=O) groups excluding carboxylic acids is 1. The lowest BCUT2D eigenvalue weighted by molar-refractivity contribution is -0.132. The van der Waals surface area contributed by atoms with Crippen LogP contribution in [-0.2, 0) is 26.6 Å². The van der Waals surface area contributed by atoms with Crippen molar-refractivity contribution in [3.8, 4) is 5.75 Å². The van der Waals surface area contributed by atoms with E-state index < -0.39 is 26.8 Å². The number of nitrogens with zero attached hydrogens (tertiary/aromatic N) is 3. The zero-order valence-electron chi connectivity index (χ0n) is 33.4. The Morgan fingerprint density at radius 1 is 1.07 bits per heavy atom. The van der Waals surface area contributed by atoms with Crippen LogP contribution in [0.5, 0.6) is 5.75 Å². The minimum atomic E-state index is -3.96. The smallest absolute Gasteiger partial charge is 0.264 e. The minimum absolute atomic E-state index is 0.121. The monoisotopic (exact) mass is 780 g/mol. The van der Waals surface area contributed by atoms with Crippen LogP contribution in [0.3, 0.4) is 0 Å². The molecule has 2 aromatic carbocycles. The molecule has 0 aromatic heterocycles. The Kier molecular flexibility index (Phi) is 11.0. The van der Waals surface area contributed by atoms with Crippen molar-refractivity contribution in [1.82, 2.24) is 14.5 Å². The van der Waals surface area contributed by atoms with Crippen LogP contribution < -0.4 is 14.4 Å². The number of hydrogen-bond donors (Lipinski definition) is 1. The molecule has 1 saturated carbocycles. The molecule has 7 rings (SSSR count). The maximum Gasteiger partial charge on any atom is 0.264 e. The highest BCUT2D eigenvalue weighted by Gasteiger charge is 2.56. The fourth-order valence-corrected chi connectivity index (χ4v) is 12.1. The van der Waals surface area contributed by atoms with E-state index in [1.165, 1.54) is 11.1 Å². The van der Waals surface area contributed by atoms with Gasteiger partial charge in [0.2, 0.25) is 10.0 Å². The molecule has 7 atom stereocenters. The topological polar surface area (TPSA) is 91.4 Å². The van der Waals surface area contributed by atoms with Gasteiger partial charge in [-0.25, -0.2) is 13.1 Å². The molecule has 9 nitrogen and oxygen atoms in total. The summed E-state index contributed by atoms with van der Waals surface area (Å²) in [6.45, 7) is 18.6. The van der Waals surface area contributed by atoms with Gasteiger partial charge in [0.25, 0.3) is 5.91 Å². The number of halogens is 1. The molecule has 5 aliphatic rings. The van der Waals surface area contributed by atoms with Gasteiger partial charge in [0.15, 0.2) is 0 Å². The molecule has 2 bridgehead atoms. The molecule has 1 amide bonds. The van der Waals surface area contributed by atoms with E-state index in [2.05, 4.69) is 71.4 Å². The standard InChI is InChI=1S/C43H61ClN4O5S/c1-29(2)48-21-20-46(24-31(48)4)27-43(52-7)18-8-10-30(3)32(5)54(50,51)45-40(49)34-12-15-38-37(23-34)47(25-41(6)19-16-39(41)43)26-42(28-53-38)17-9-11-33-22-35(44)13-14-36(33)42/h8,12-15,18,22-23,29-32,39H,9-11,16-17,19-21,24-28H2,1-7H3,(H,45,49)/b18-8+/t30-,31+,32+,39+,41?,42-,43-/m0/s1. The normalized spacial score (nSPS) is 35.3. The summed E-state index contributed by atoms with van der Waals surface area (Å²) in [5, 5.41) is -0.0352. The van der Waals surface area contributed by atoms with Gasteiger partial charge in [0, 0.05) is 74.5 Å². The molecule has 0 radical (unpaired) electrons. The summed E-state index contributed by atoms with van der Waals surface area (Å²) < 4.78 is 43.3. The Bertz CT molecular complexity index is 1870. The number of carbonyl (C=O) groups is 1. The van der Waals surface area contributed by atoms with Crippen LogP contribution in [-0.4, -0.2) is 100 Å². The molecular formula is C43H61ClN4O5S. The SMILES string of the molecule is CO[C@]1(CN2CCN(C(C)C)[C@H](C)C2)/C=C/C[C@H](C)[C@@H](C)S(=O)(=O)NC(=O)c2ccc3c(c2)N(CC2(C)CC[C@H]21)C[C@@]1(CCCc2cc(Cl)ccc21)CO3. The molecule has 1 unspecified atom stereocenters. The van der Waals surface area contributed by atoms with Crippen LogP contribution in [0, 0.1) is 17.3 Å². The van der Waals surface area contributed by atoms with Crippen molar-refractivity contribution in [2.75, 3.05) is 57.9 Å². The molecule has 296 valence electrons. The molecule has 2 fully saturated rings. The summed E-state index contributed by atoms with van der Waals surface area (Å²) in [6.07, 6.45) is 10.0. The number of sulfonamides is 1. The van der Waals surface area contributed by atoms with E-state index in [1.54, 1.807) is 13.0 Å². The molecule has 1 spiro atoms. The number of allylic oxidation sites excluding steroid dienone is 1. The highest BCUT2D eigenvalue weighted by molar-refractivity contribution is 7.90. The van der Waals surface area contributed by atoms with Crippen LogP contribution in [0.1, 0.15) is 95.1 Å². The highest BCUT2D eigenvalue weighted by atomic mass is 35.5. The Labute approximate surface area is 328 Å². The van der Waals surface area contributed by atoms with Crippen LogP contribution in [0.25, 0.3) is 0 Å². The van der Waals surface area contributed by atoms with E-state index in [0.29, 0.717) is 43.0 Å². The number of fused-ring (bicyclic) bond motifs is 4. The average Bonchev–Trinajstić information content (AvgIpc) is 3.26. The number of amides is 1. The van der Waals surface area contributed by atoms with Gasteiger partial charge in [-0.2, -0.15) is 0 Å². The lowest BCUT2D eigenvalue weighted by atomic mass is 9.54. The summed E-state index contributed by atoms with van der Waals surface area (Å²) in [6, 6.07) is 12.6. The molecule has 2 aliphatic carbocycles. The second kappa shape index (κ2) is 15.0. The maximum atomic E-state index is 13.7. The van der Waals surface area contributed by atoms with Crippen LogP contribution in [0.15, 0.2) is 48.6 Å². The van der Waals surface area contributed by atoms with Crippen LogP contribution >= 0.6 is 11.6 Å². The first kappa shape index (κ1) is 39.6. The van der Waals surface area contributed by atoms with E-state index in [9.17, 15) is 13.2 Å². The van der Waals surface area contributed by atoms with Gasteiger partial charge in [-0.3, -0.25) is 14.6 Å². The van der Waals surface area contributed by atoms with Gasteiger partial charge in [0.1, 0.15) is 11.4 Å². The summed E-state index contributed by atoms with van der Waals surface area (Å²) in [7, 11) is -2.10. The first-order chi connectivity index (χ1) is 25.6. The van der Waals surface area contributed by atoms with Crippen molar-refractivity contribution in [2.45, 2.75) is 108 Å². The van der Waals surface area contributed by atoms with Crippen molar-refractivity contribution >= 4 is 33.2 Å². The fraction of sp³-hybridized carbons (Fsp3) is 0.651. The van der Waals surface area contributed by atoms with Gasteiger partial charge < -0.3 is 14.4 Å². The first-order valence-corrected chi connectivity index (χ1v) is 22.1. The van der Waals surface area contributed by atoms with Gasteiger partial charge in [-0.1, -0.05) is 43.7 Å². The Hall–Kier alpha value is -2.63. The molecule has 54 heavy (non-hydrogen) atoms. The molecular weight excluding hydrogens is 720 g/mol.